The first-order chi connectivity index (χ1) is 39.0. The number of aliphatic hydroxyl groups is 3. The van der Waals surface area contributed by atoms with E-state index in [4.69, 9.17) is 44.5 Å². The summed E-state index contributed by atoms with van der Waals surface area (Å²) in [6, 6.07) is 31.1. The highest BCUT2D eigenvalue weighted by atomic mass is 32.1. The van der Waals surface area contributed by atoms with Crippen molar-refractivity contribution in [1.82, 2.24) is 14.7 Å². The first-order valence-electron chi connectivity index (χ1n) is 29.3. The smallest absolute Gasteiger partial charge is 0.341 e. The standard InChI is InChI=1S/C26H31NO4S.C20H25NO4.C19H25NO3S/c1-2-11-26(12-4-13-26)25(30)20-9-7-19(8-10-20)22-15-23(32)27(22)16-18-5-3-6-21(14-18)31-17-24(28)29;22-18-14-17(21(18)13-4-2-1-3-6-19(23)24)15-7-9-16(10-8-15)20(25)11-5-12-20;21-17-9-7-13-11-14(6-8-15(13)17)16-12-18(24)20(16)10-4-2-1-3-5-19(22)23/h3,5-10,14,22,25,30H,2,4,11-13,15-17H2,1H3,(H,28,29);2,4,7-10,17,25H,1,3,5-6,11-14H2,(H,23,24);6,8,11,16-17,21H,1-5,7,9-10,12H2,(H,22,23)/b;4-2-;/t22-,25?;17-;16-,17?/m111/s1. The summed E-state index contributed by atoms with van der Waals surface area (Å²) in [5.41, 5.74) is 8.41. The van der Waals surface area contributed by atoms with Gasteiger partial charge in [-0.05, 0) is 134 Å². The molecule has 0 radical (unpaired) electrons. The molecule has 5 fully saturated rings. The molecule has 16 heteroatoms. The van der Waals surface area contributed by atoms with E-state index in [2.05, 4.69) is 59.2 Å². The summed E-state index contributed by atoms with van der Waals surface area (Å²) in [4.78, 5) is 51.9. The number of fused-ring (bicyclic) bond motifs is 1. The average Bonchev–Trinajstić information content (AvgIpc) is 3.93. The second-order valence-electron chi connectivity index (χ2n) is 23.0. The number of benzene rings is 4. The summed E-state index contributed by atoms with van der Waals surface area (Å²) < 4.78 is 5.30. The number of carbonyl (C=O) groups excluding carboxylic acids is 1. The molecule has 4 aromatic rings. The highest BCUT2D eigenvalue weighted by Crippen LogP contribution is 2.54. The van der Waals surface area contributed by atoms with Gasteiger partial charge in [-0.2, -0.15) is 0 Å². The molecule has 5 atom stereocenters. The fraction of sp³-hybridized carbons (Fsp3) is 0.508. The number of nitrogens with zero attached hydrogens (tertiary/aromatic N) is 3. The minimum atomic E-state index is -0.995. The Hall–Kier alpha value is -6.04. The van der Waals surface area contributed by atoms with Gasteiger partial charge in [0.05, 0.1) is 52.3 Å². The number of carbonyl (C=O) groups is 4. The zero-order chi connectivity index (χ0) is 57.7. The lowest BCUT2D eigenvalue weighted by Gasteiger charge is -2.46. The van der Waals surface area contributed by atoms with Crippen LogP contribution in [0.5, 0.6) is 5.75 Å². The number of hydrogen-bond donors (Lipinski definition) is 6. The van der Waals surface area contributed by atoms with Crippen LogP contribution in [0.3, 0.4) is 0 Å². The molecule has 1 amide bonds. The van der Waals surface area contributed by atoms with Crippen molar-refractivity contribution in [1.29, 1.82) is 0 Å². The number of aliphatic carboxylic acids is 3. The van der Waals surface area contributed by atoms with Gasteiger partial charge in [-0.25, -0.2) is 4.79 Å². The second-order valence-corrected chi connectivity index (χ2v) is 24.0. The number of rotatable bonds is 26. The Balaban J connectivity index is 0.000000162. The van der Waals surface area contributed by atoms with Gasteiger partial charge in [0.25, 0.3) is 0 Å². The predicted octanol–water partition coefficient (Wildman–Crippen LogP) is 12.3. The highest BCUT2D eigenvalue weighted by molar-refractivity contribution is 7.80. The number of carboxylic acids is 3. The Labute approximate surface area is 487 Å². The molecule has 6 aliphatic rings. The van der Waals surface area contributed by atoms with Gasteiger partial charge in [-0.1, -0.05) is 148 Å². The molecule has 14 nitrogen and oxygen atoms in total. The van der Waals surface area contributed by atoms with Crippen molar-refractivity contribution >= 4 is 58.2 Å². The largest absolute Gasteiger partial charge is 0.482 e. The number of β-lactam (4-membered cyclic amide) rings is 1. The molecule has 3 aliphatic heterocycles. The number of carboxylic acid groups (broad SMARTS) is 3. The number of likely N-dealkylation sites (tertiary alicyclic amines) is 3. The van der Waals surface area contributed by atoms with Crippen LogP contribution in [0.25, 0.3) is 0 Å². The average molecular weight is 1140 g/mol. The van der Waals surface area contributed by atoms with Crippen LogP contribution in [-0.4, -0.2) is 98.8 Å². The maximum atomic E-state index is 11.9. The van der Waals surface area contributed by atoms with Gasteiger partial charge in [0, 0.05) is 50.7 Å². The normalized spacial score (nSPS) is 21.4. The summed E-state index contributed by atoms with van der Waals surface area (Å²) in [6.07, 6.45) is 21.3. The number of aryl methyl sites for hydroxylation is 1. The van der Waals surface area contributed by atoms with E-state index >= 15 is 0 Å². The monoisotopic (exact) mass is 1140 g/mol. The Morgan fingerprint density at radius 3 is 1.95 bits per heavy atom. The molecule has 2 unspecified atom stereocenters. The Morgan fingerprint density at radius 2 is 1.35 bits per heavy atom. The van der Waals surface area contributed by atoms with E-state index in [-0.39, 0.29) is 49.0 Å². The molecule has 0 spiro atoms. The van der Waals surface area contributed by atoms with E-state index in [0.29, 0.717) is 44.1 Å². The molecule has 4 aromatic carbocycles. The van der Waals surface area contributed by atoms with Crippen molar-refractivity contribution in [3.63, 3.8) is 0 Å². The van der Waals surface area contributed by atoms with Crippen molar-refractivity contribution in [2.45, 2.75) is 184 Å². The van der Waals surface area contributed by atoms with Gasteiger partial charge >= 0.3 is 17.9 Å². The van der Waals surface area contributed by atoms with Crippen LogP contribution in [0.15, 0.2) is 103 Å². The van der Waals surface area contributed by atoms with Crippen LogP contribution in [-0.2, 0) is 37.7 Å². The molecular formula is C65H81N3O11S2. The molecule has 10 rings (SSSR count). The minimum absolute atomic E-state index is 0.0636. The molecule has 0 bridgehead atoms. The number of aliphatic hydroxyl groups excluding tert-OH is 2. The van der Waals surface area contributed by atoms with Crippen LogP contribution < -0.4 is 4.74 Å². The van der Waals surface area contributed by atoms with Crippen LogP contribution >= 0.6 is 24.4 Å². The van der Waals surface area contributed by atoms with Gasteiger partial charge < -0.3 is 50.1 Å². The van der Waals surface area contributed by atoms with E-state index in [1.807, 2.05) is 59.5 Å². The van der Waals surface area contributed by atoms with Crippen LogP contribution in [0.4, 0.5) is 0 Å². The second kappa shape index (κ2) is 28.3. The maximum Gasteiger partial charge on any atom is 0.341 e. The lowest BCUT2D eigenvalue weighted by Crippen LogP contribution is -2.46. The van der Waals surface area contributed by atoms with Crippen LogP contribution in [0.1, 0.15) is 210 Å². The molecule has 3 aliphatic carbocycles. The van der Waals surface area contributed by atoms with Gasteiger partial charge in [-0.15, -0.1) is 0 Å². The molecule has 3 heterocycles. The number of ether oxygens (including phenoxy) is 1. The van der Waals surface area contributed by atoms with E-state index in [1.165, 1.54) is 23.1 Å². The molecule has 6 N–H and O–H groups in total. The topological polar surface area (TPSA) is 209 Å². The number of allylic oxidation sites excluding steroid dienone is 1. The lowest BCUT2D eigenvalue weighted by molar-refractivity contribution is -0.145. The molecule has 3 saturated heterocycles. The fourth-order valence-electron chi connectivity index (χ4n) is 12.3. The van der Waals surface area contributed by atoms with Crippen molar-refractivity contribution in [2.24, 2.45) is 5.41 Å². The van der Waals surface area contributed by atoms with Crippen molar-refractivity contribution in [3.05, 3.63) is 148 Å². The third-order valence-corrected chi connectivity index (χ3v) is 18.3. The molecule has 434 valence electrons. The molecule has 0 aromatic heterocycles. The van der Waals surface area contributed by atoms with Crippen LogP contribution in [0, 0.1) is 5.41 Å². The summed E-state index contributed by atoms with van der Waals surface area (Å²) in [6.45, 7) is 4.00. The summed E-state index contributed by atoms with van der Waals surface area (Å²) in [5.74, 6) is -1.79. The summed E-state index contributed by atoms with van der Waals surface area (Å²) in [5, 5.41) is 57.4. The number of thiocarbonyl (C=S) groups is 2. The zero-order valence-corrected chi connectivity index (χ0v) is 48.4. The third kappa shape index (κ3) is 15.5. The Kier molecular flexibility index (Phi) is 21.3. The first-order valence-corrected chi connectivity index (χ1v) is 30.1. The lowest BCUT2D eigenvalue weighted by atomic mass is 9.61. The molecular weight excluding hydrogens is 1060 g/mol. The van der Waals surface area contributed by atoms with E-state index in [1.54, 1.807) is 6.07 Å². The molecule has 81 heavy (non-hydrogen) atoms. The number of hydrogen-bond acceptors (Lipinski definition) is 10. The minimum Gasteiger partial charge on any atom is -0.482 e. The van der Waals surface area contributed by atoms with Crippen LogP contribution in [0.2, 0.25) is 0 Å². The zero-order valence-electron chi connectivity index (χ0n) is 46.8. The third-order valence-electron chi connectivity index (χ3n) is 17.5. The summed E-state index contributed by atoms with van der Waals surface area (Å²) in [7, 11) is 0. The summed E-state index contributed by atoms with van der Waals surface area (Å²) >= 11 is 11.0. The predicted molar refractivity (Wildman–Crippen MR) is 319 cm³/mol. The van der Waals surface area contributed by atoms with Gasteiger partial charge in [-0.3, -0.25) is 14.4 Å². The van der Waals surface area contributed by atoms with E-state index < -0.39 is 29.6 Å². The number of amides is 1. The van der Waals surface area contributed by atoms with Crippen molar-refractivity contribution < 1.29 is 54.6 Å². The maximum absolute atomic E-state index is 11.9. The Bertz CT molecular complexity index is 2870. The van der Waals surface area contributed by atoms with E-state index in [9.17, 15) is 34.5 Å². The van der Waals surface area contributed by atoms with Crippen molar-refractivity contribution in [2.75, 3.05) is 19.7 Å². The fourth-order valence-corrected chi connectivity index (χ4v) is 13.0. The number of unbranched alkanes of at least 4 members (excludes halogenated alkanes) is 4. The highest BCUT2D eigenvalue weighted by Gasteiger charge is 2.44. The van der Waals surface area contributed by atoms with Gasteiger partial charge in [0.1, 0.15) is 5.75 Å². The Morgan fingerprint density at radius 1 is 0.716 bits per heavy atom. The quantitative estimate of drug-likeness (QED) is 0.0150. The van der Waals surface area contributed by atoms with Gasteiger partial charge in [0.2, 0.25) is 5.91 Å². The first kappa shape index (κ1) is 61.0. The van der Waals surface area contributed by atoms with Crippen molar-refractivity contribution in [3.8, 4) is 5.75 Å². The SMILES string of the molecule is CCCC1(C(O)c2ccc([C@H]3CC(=S)N3Cc3cccc(OCC(=O)O)c3)cc2)CCC1.O=C(O)CCC/C=C\CN1C(=O)C[C@@H]1c1ccc(C2(O)CCC2)cc1.O=C(O)CCCCCCN1C(=S)C[C@@H]1c1ccc2c(c1)CCC2O. The molecule has 2 saturated carbocycles. The van der Waals surface area contributed by atoms with Gasteiger partial charge in [0.15, 0.2) is 6.61 Å². The van der Waals surface area contributed by atoms with E-state index in [0.717, 1.165) is 141 Å².